The van der Waals surface area contributed by atoms with Crippen LogP contribution in [0.2, 0.25) is 0 Å². The summed E-state index contributed by atoms with van der Waals surface area (Å²) in [5.41, 5.74) is 5.56. The molecular weight excluding hydrogens is 302 g/mol. The Hall–Kier alpha value is -2.20. The maximum Gasteiger partial charge on any atom is 0.161 e. The molecule has 126 valence electrons. The number of hydrogen-bond acceptors (Lipinski definition) is 4. The summed E-state index contributed by atoms with van der Waals surface area (Å²) in [6.07, 6.45) is 2.08. The smallest absolute Gasteiger partial charge is 0.161 e. The van der Waals surface area contributed by atoms with E-state index in [1.54, 1.807) is 21.3 Å². The minimum absolute atomic E-state index is 0.435. The first-order chi connectivity index (χ1) is 11.7. The van der Waals surface area contributed by atoms with E-state index in [0.717, 1.165) is 43.2 Å². The molecule has 24 heavy (non-hydrogen) atoms. The molecule has 0 amide bonds. The zero-order valence-corrected chi connectivity index (χ0v) is 14.5. The van der Waals surface area contributed by atoms with Gasteiger partial charge in [0.05, 0.1) is 21.3 Å². The number of methoxy groups -OCH3 is 3. The molecule has 4 heteroatoms. The molecule has 0 bridgehead atoms. The molecule has 0 fully saturated rings. The van der Waals surface area contributed by atoms with Crippen molar-refractivity contribution in [2.45, 2.75) is 25.4 Å². The topological polar surface area (TPSA) is 30.9 Å². The molecule has 4 rings (SSSR count). The molecule has 0 spiro atoms. The molecule has 4 nitrogen and oxygen atoms in total. The third-order valence-electron chi connectivity index (χ3n) is 5.31. The van der Waals surface area contributed by atoms with Gasteiger partial charge in [-0.15, -0.1) is 0 Å². The number of ether oxygens (including phenoxy) is 3. The molecule has 0 N–H and O–H groups in total. The molecule has 0 radical (unpaired) electrons. The highest BCUT2D eigenvalue weighted by atomic mass is 16.5. The van der Waals surface area contributed by atoms with Gasteiger partial charge in [0.1, 0.15) is 5.75 Å². The zero-order valence-electron chi connectivity index (χ0n) is 14.5. The monoisotopic (exact) mass is 325 g/mol. The maximum absolute atomic E-state index is 5.48. The normalized spacial score (nSPS) is 19.0. The number of fused-ring (bicyclic) bond motifs is 4. The minimum Gasteiger partial charge on any atom is -0.497 e. The lowest BCUT2D eigenvalue weighted by Gasteiger charge is -2.41. The van der Waals surface area contributed by atoms with Crippen LogP contribution in [0.25, 0.3) is 0 Å². The average Bonchev–Trinajstić information content (AvgIpc) is 2.64. The van der Waals surface area contributed by atoms with Crippen molar-refractivity contribution in [3.8, 4) is 17.2 Å². The Morgan fingerprint density at radius 3 is 2.33 bits per heavy atom. The standard InChI is InChI=1S/C20H23NO3/c1-22-16-4-5-17-13(8-16)6-7-21-12-15-11-20(24-3)19(23-2)10-14(15)9-18(17)21/h4-5,8,10-11,18H,6-7,9,12H2,1-3H3/t18-/m0/s1. The van der Waals surface area contributed by atoms with Gasteiger partial charge in [-0.05, 0) is 59.4 Å². The third kappa shape index (κ3) is 2.42. The van der Waals surface area contributed by atoms with Crippen LogP contribution < -0.4 is 14.2 Å². The van der Waals surface area contributed by atoms with Crippen LogP contribution in [-0.4, -0.2) is 32.8 Å². The van der Waals surface area contributed by atoms with Crippen molar-refractivity contribution in [3.05, 3.63) is 52.6 Å². The van der Waals surface area contributed by atoms with Crippen LogP contribution in [0.3, 0.4) is 0 Å². The molecular formula is C20H23NO3. The zero-order chi connectivity index (χ0) is 16.7. The maximum atomic E-state index is 5.48. The van der Waals surface area contributed by atoms with E-state index in [1.165, 1.54) is 22.3 Å². The van der Waals surface area contributed by atoms with Crippen molar-refractivity contribution in [2.75, 3.05) is 27.9 Å². The number of nitrogens with zero attached hydrogens (tertiary/aromatic N) is 1. The summed E-state index contributed by atoms with van der Waals surface area (Å²) in [4.78, 5) is 2.57. The summed E-state index contributed by atoms with van der Waals surface area (Å²) >= 11 is 0. The predicted molar refractivity (Wildman–Crippen MR) is 93.1 cm³/mol. The van der Waals surface area contributed by atoms with Crippen LogP contribution in [-0.2, 0) is 19.4 Å². The molecule has 0 unspecified atom stereocenters. The van der Waals surface area contributed by atoms with Gasteiger partial charge in [0.2, 0.25) is 0 Å². The second-order valence-electron chi connectivity index (χ2n) is 6.48. The second-order valence-corrected chi connectivity index (χ2v) is 6.48. The number of rotatable bonds is 3. The van der Waals surface area contributed by atoms with Gasteiger partial charge in [-0.25, -0.2) is 0 Å². The van der Waals surface area contributed by atoms with E-state index in [0.29, 0.717) is 6.04 Å². The summed E-state index contributed by atoms with van der Waals surface area (Å²) in [5.74, 6) is 2.58. The summed E-state index contributed by atoms with van der Waals surface area (Å²) in [6, 6.07) is 11.2. The van der Waals surface area contributed by atoms with E-state index in [-0.39, 0.29) is 0 Å². The van der Waals surface area contributed by atoms with E-state index in [9.17, 15) is 0 Å². The Morgan fingerprint density at radius 1 is 0.875 bits per heavy atom. The Labute approximate surface area is 142 Å². The van der Waals surface area contributed by atoms with Gasteiger partial charge < -0.3 is 14.2 Å². The largest absolute Gasteiger partial charge is 0.497 e. The summed E-state index contributed by atoms with van der Waals surface area (Å²) in [6.45, 7) is 2.05. The summed E-state index contributed by atoms with van der Waals surface area (Å²) in [7, 11) is 5.12. The molecule has 2 aromatic rings. The van der Waals surface area contributed by atoms with Gasteiger partial charge in [-0.1, -0.05) is 6.07 Å². The molecule has 0 aromatic heterocycles. The van der Waals surface area contributed by atoms with E-state index in [4.69, 9.17) is 14.2 Å². The highest BCUT2D eigenvalue weighted by molar-refractivity contribution is 5.50. The van der Waals surface area contributed by atoms with Gasteiger partial charge in [0.15, 0.2) is 11.5 Å². The average molecular weight is 325 g/mol. The van der Waals surface area contributed by atoms with Crippen molar-refractivity contribution >= 4 is 0 Å². The van der Waals surface area contributed by atoms with Crippen molar-refractivity contribution in [3.63, 3.8) is 0 Å². The fraction of sp³-hybridized carbons (Fsp3) is 0.400. The number of benzene rings is 2. The third-order valence-corrected chi connectivity index (χ3v) is 5.31. The quantitative estimate of drug-likeness (QED) is 0.866. The molecule has 2 heterocycles. The summed E-state index contributed by atoms with van der Waals surface area (Å²) < 4.78 is 16.3. The highest BCUT2D eigenvalue weighted by Crippen LogP contribution is 2.42. The van der Waals surface area contributed by atoms with Gasteiger partial charge in [-0.2, -0.15) is 0 Å². The fourth-order valence-electron chi connectivity index (χ4n) is 4.02. The Bertz CT molecular complexity index is 772. The van der Waals surface area contributed by atoms with Crippen LogP contribution in [0.4, 0.5) is 0 Å². The fourth-order valence-corrected chi connectivity index (χ4v) is 4.02. The predicted octanol–water partition coefficient (Wildman–Crippen LogP) is 3.37. The molecule has 0 saturated heterocycles. The van der Waals surface area contributed by atoms with Crippen LogP contribution in [0, 0.1) is 0 Å². The molecule has 0 saturated carbocycles. The van der Waals surface area contributed by atoms with Crippen molar-refractivity contribution in [2.24, 2.45) is 0 Å². The van der Waals surface area contributed by atoms with Gasteiger partial charge in [-0.3, -0.25) is 4.90 Å². The first-order valence-corrected chi connectivity index (χ1v) is 8.38. The lowest BCUT2D eigenvalue weighted by molar-refractivity contribution is 0.160. The Morgan fingerprint density at radius 2 is 1.62 bits per heavy atom. The Balaban J connectivity index is 1.72. The minimum atomic E-state index is 0.435. The number of hydrogen-bond donors (Lipinski definition) is 0. The first kappa shape index (κ1) is 15.3. The second kappa shape index (κ2) is 6.02. The lowest BCUT2D eigenvalue weighted by atomic mass is 9.84. The van der Waals surface area contributed by atoms with Crippen LogP contribution in [0.5, 0.6) is 17.2 Å². The van der Waals surface area contributed by atoms with Crippen molar-refractivity contribution < 1.29 is 14.2 Å². The van der Waals surface area contributed by atoms with E-state index in [2.05, 4.69) is 35.2 Å². The SMILES string of the molecule is COc1ccc2c(c1)CCN1Cc3cc(OC)c(OC)cc3C[C@@H]21. The van der Waals surface area contributed by atoms with Gasteiger partial charge in [0, 0.05) is 19.1 Å². The van der Waals surface area contributed by atoms with Crippen molar-refractivity contribution in [1.29, 1.82) is 0 Å². The van der Waals surface area contributed by atoms with Gasteiger partial charge >= 0.3 is 0 Å². The van der Waals surface area contributed by atoms with Crippen LogP contribution in [0.1, 0.15) is 28.3 Å². The first-order valence-electron chi connectivity index (χ1n) is 8.38. The molecule has 2 aromatic carbocycles. The van der Waals surface area contributed by atoms with E-state index in [1.807, 2.05) is 0 Å². The Kier molecular flexibility index (Phi) is 3.85. The molecule has 0 aliphatic carbocycles. The summed E-state index contributed by atoms with van der Waals surface area (Å²) in [5, 5.41) is 0. The van der Waals surface area contributed by atoms with E-state index < -0.39 is 0 Å². The van der Waals surface area contributed by atoms with Gasteiger partial charge in [0.25, 0.3) is 0 Å². The highest BCUT2D eigenvalue weighted by Gasteiger charge is 2.32. The van der Waals surface area contributed by atoms with Crippen LogP contribution >= 0.6 is 0 Å². The molecule has 1 atom stereocenters. The lowest BCUT2D eigenvalue weighted by Crippen LogP contribution is -2.39. The van der Waals surface area contributed by atoms with Crippen molar-refractivity contribution in [1.82, 2.24) is 4.90 Å². The van der Waals surface area contributed by atoms with E-state index >= 15 is 0 Å². The molecule has 2 aliphatic heterocycles. The molecule has 2 aliphatic rings. The van der Waals surface area contributed by atoms with Crippen LogP contribution in [0.15, 0.2) is 30.3 Å².